The molecule has 1 aliphatic heterocycles. The van der Waals surface area contributed by atoms with Crippen molar-refractivity contribution in [2.24, 2.45) is 0 Å². The minimum atomic E-state index is -0.819. The third-order valence-electron chi connectivity index (χ3n) is 0.679. The molecule has 0 unspecified atom stereocenters. The normalized spacial score (nSPS) is 18.9. The van der Waals surface area contributed by atoms with Crippen molar-refractivity contribution in [3.05, 3.63) is 11.5 Å². The summed E-state index contributed by atoms with van der Waals surface area (Å²) in [4.78, 5) is 10.2. The van der Waals surface area contributed by atoms with Crippen LogP contribution in [0.2, 0.25) is 0 Å². The monoisotopic (exact) mass is 178 g/mol. The van der Waals surface area contributed by atoms with Crippen molar-refractivity contribution in [2.45, 2.75) is 0 Å². The van der Waals surface area contributed by atoms with Crippen molar-refractivity contribution in [1.82, 2.24) is 0 Å². The molecule has 0 aromatic rings. The Morgan fingerprint density at radius 2 is 2.56 bits per heavy atom. The molecule has 5 heteroatoms. The largest absolute Gasteiger partial charge is 0.477 e. The summed E-state index contributed by atoms with van der Waals surface area (Å²) in [5, 5.41) is 10.7. The molecular weight excluding hydrogens is 175 g/mol. The topological polar surface area (TPSA) is 37.3 Å². The Morgan fingerprint density at radius 3 is 2.89 bits per heavy atom. The third kappa shape index (κ3) is 2.05. The third-order valence-corrected chi connectivity index (χ3v) is 4.47. The van der Waals surface area contributed by atoms with Crippen LogP contribution in [-0.4, -0.2) is 16.4 Å². The van der Waals surface area contributed by atoms with Crippen molar-refractivity contribution in [2.75, 3.05) is 0 Å². The molecule has 0 bridgehead atoms. The molecule has 0 spiro atoms. The number of rotatable bonds is 1. The molecule has 0 atom stereocenters. The van der Waals surface area contributed by atoms with Crippen LogP contribution in [0.4, 0.5) is 0 Å². The van der Waals surface area contributed by atoms with Gasteiger partial charge in [0.25, 0.3) is 0 Å². The van der Waals surface area contributed by atoms with Gasteiger partial charge in [0.2, 0.25) is 0 Å². The van der Waals surface area contributed by atoms with Crippen LogP contribution < -0.4 is 0 Å². The SMILES string of the molecule is O=C(O)C1=PSSC=C1. The van der Waals surface area contributed by atoms with E-state index < -0.39 is 5.97 Å². The summed E-state index contributed by atoms with van der Waals surface area (Å²) < 4.78 is 0. The van der Waals surface area contributed by atoms with E-state index in [0.717, 1.165) is 7.41 Å². The maximum Gasteiger partial charge on any atom is 0.340 e. The zero-order valence-electron chi connectivity index (χ0n) is 4.27. The Labute approximate surface area is 61.7 Å². The highest BCUT2D eigenvalue weighted by Gasteiger charge is 2.05. The fraction of sp³-hybridized carbons (Fsp3) is 0. The summed E-state index contributed by atoms with van der Waals surface area (Å²) in [5.41, 5.74) is 0. The highest BCUT2D eigenvalue weighted by Crippen LogP contribution is 2.38. The maximum absolute atomic E-state index is 10.2. The molecule has 9 heavy (non-hydrogen) atoms. The minimum absolute atomic E-state index is 0.457. The predicted octanol–water partition coefficient (Wildman–Crippen LogP) is 2.01. The summed E-state index contributed by atoms with van der Waals surface area (Å²) in [6.45, 7) is 0. The molecule has 0 aliphatic carbocycles. The number of carbonyl (C=O) groups is 1. The van der Waals surface area contributed by atoms with E-state index in [1.54, 1.807) is 22.3 Å². The second-order valence-electron chi connectivity index (χ2n) is 1.26. The van der Waals surface area contributed by atoms with Gasteiger partial charge in [0.15, 0.2) is 0 Å². The zero-order valence-corrected chi connectivity index (χ0v) is 6.80. The van der Waals surface area contributed by atoms with Crippen LogP contribution in [0.15, 0.2) is 11.5 Å². The van der Waals surface area contributed by atoms with Gasteiger partial charge in [-0.2, -0.15) is 0 Å². The molecular formula is C4H3O2PS2. The Morgan fingerprint density at radius 1 is 1.78 bits per heavy atom. The Kier molecular flexibility index (Phi) is 2.64. The standard InChI is InChI=1S/C4H3O2PS2/c5-4(6)3-1-2-8-9-7-3/h1-2H,(H,5,6). The van der Waals surface area contributed by atoms with E-state index in [-0.39, 0.29) is 0 Å². The molecule has 1 rings (SSSR count). The fourth-order valence-corrected chi connectivity index (χ4v) is 3.66. The van der Waals surface area contributed by atoms with E-state index in [0.29, 0.717) is 5.29 Å². The molecule has 1 N–H and O–H groups in total. The van der Waals surface area contributed by atoms with Crippen LogP contribution in [-0.2, 0) is 4.79 Å². The van der Waals surface area contributed by atoms with Crippen LogP contribution in [0.25, 0.3) is 0 Å². The Balaban J connectivity index is 2.69. The maximum atomic E-state index is 10.2. The van der Waals surface area contributed by atoms with Crippen molar-refractivity contribution in [1.29, 1.82) is 0 Å². The van der Waals surface area contributed by atoms with E-state index in [4.69, 9.17) is 5.11 Å². The summed E-state index contributed by atoms with van der Waals surface area (Å²) in [5.74, 6) is -0.819. The van der Waals surface area contributed by atoms with Crippen molar-refractivity contribution < 1.29 is 9.90 Å². The molecule has 0 radical (unpaired) electrons. The van der Waals surface area contributed by atoms with Gasteiger partial charge < -0.3 is 5.11 Å². The second-order valence-corrected chi connectivity index (χ2v) is 5.45. The van der Waals surface area contributed by atoms with Gasteiger partial charge in [0.05, 0.1) is 5.29 Å². The van der Waals surface area contributed by atoms with Crippen molar-refractivity contribution >= 4 is 39.9 Å². The van der Waals surface area contributed by atoms with Crippen LogP contribution >= 0.6 is 28.6 Å². The van der Waals surface area contributed by atoms with Gasteiger partial charge in [0, 0.05) is 0 Å². The first-order valence-electron chi connectivity index (χ1n) is 2.11. The van der Waals surface area contributed by atoms with Gasteiger partial charge in [-0.25, -0.2) is 4.79 Å². The second kappa shape index (κ2) is 3.30. The quantitative estimate of drug-likeness (QED) is 0.492. The average molecular weight is 178 g/mol. The smallest absolute Gasteiger partial charge is 0.340 e. The van der Waals surface area contributed by atoms with Gasteiger partial charge in [0.1, 0.15) is 0 Å². The summed E-state index contributed by atoms with van der Waals surface area (Å²) in [7, 11) is 3.90. The number of hydrogen-bond donors (Lipinski definition) is 1. The average Bonchev–Trinajstić information content (AvgIpc) is 1.90. The van der Waals surface area contributed by atoms with Crippen molar-refractivity contribution in [3.8, 4) is 0 Å². The van der Waals surface area contributed by atoms with E-state index in [1.807, 2.05) is 0 Å². The molecule has 1 aliphatic rings. The number of carboxylic acids is 1. The molecule has 0 fully saturated rings. The number of hydrogen-bond acceptors (Lipinski definition) is 3. The van der Waals surface area contributed by atoms with Crippen LogP contribution in [0.3, 0.4) is 0 Å². The molecule has 0 saturated heterocycles. The predicted molar refractivity (Wildman–Crippen MR) is 43.9 cm³/mol. The van der Waals surface area contributed by atoms with E-state index in [2.05, 4.69) is 0 Å². The lowest BCUT2D eigenvalue weighted by Gasteiger charge is -1.96. The van der Waals surface area contributed by atoms with Gasteiger partial charge in [-0.05, 0) is 29.3 Å². The van der Waals surface area contributed by atoms with Crippen LogP contribution in [0, 0.1) is 0 Å². The van der Waals surface area contributed by atoms with E-state index in [9.17, 15) is 4.79 Å². The molecule has 48 valence electrons. The molecule has 0 saturated carbocycles. The van der Waals surface area contributed by atoms with Crippen LogP contribution in [0.5, 0.6) is 0 Å². The molecule has 0 aromatic carbocycles. The van der Waals surface area contributed by atoms with E-state index >= 15 is 0 Å². The number of carboxylic acid groups (broad SMARTS) is 1. The minimum Gasteiger partial charge on any atom is -0.477 e. The van der Waals surface area contributed by atoms with Gasteiger partial charge in [-0.1, -0.05) is 10.8 Å². The summed E-state index contributed by atoms with van der Waals surface area (Å²) >= 11 is 0. The zero-order chi connectivity index (χ0) is 6.69. The highest BCUT2D eigenvalue weighted by molar-refractivity contribution is 8.97. The first-order valence-corrected chi connectivity index (χ1v) is 5.82. The molecule has 0 amide bonds. The number of aliphatic carboxylic acids is 1. The molecule has 0 aromatic heterocycles. The van der Waals surface area contributed by atoms with Crippen molar-refractivity contribution in [3.63, 3.8) is 0 Å². The fourth-order valence-electron chi connectivity index (χ4n) is 0.320. The molecule has 2 nitrogen and oxygen atoms in total. The summed E-state index contributed by atoms with van der Waals surface area (Å²) in [6, 6.07) is 0. The highest BCUT2D eigenvalue weighted by atomic mass is 33.3. The Bertz CT molecular complexity index is 187. The Hall–Kier alpha value is 0.0800. The first-order chi connectivity index (χ1) is 4.30. The lowest BCUT2D eigenvalue weighted by Crippen LogP contribution is -2.06. The lowest BCUT2D eigenvalue weighted by atomic mass is 10.4. The van der Waals surface area contributed by atoms with Gasteiger partial charge in [-0.3, -0.25) is 0 Å². The summed E-state index contributed by atoms with van der Waals surface area (Å²) in [6.07, 6.45) is 1.63. The lowest BCUT2D eigenvalue weighted by molar-refractivity contribution is -0.129. The molecule has 1 heterocycles. The first kappa shape index (κ1) is 7.19. The van der Waals surface area contributed by atoms with Gasteiger partial charge >= 0.3 is 5.97 Å². The van der Waals surface area contributed by atoms with Gasteiger partial charge in [-0.15, -0.1) is 0 Å². The van der Waals surface area contributed by atoms with E-state index in [1.165, 1.54) is 10.4 Å². The van der Waals surface area contributed by atoms with Crippen LogP contribution in [0.1, 0.15) is 0 Å².